The molecule has 0 saturated carbocycles. The maximum atomic E-state index is 2.36. The normalized spacial score (nSPS) is 11.9. The van der Waals surface area contributed by atoms with Gasteiger partial charge < -0.3 is 9.47 Å². The molecule has 0 saturated heterocycles. The molecule has 0 atom stereocenters. The Bertz CT molecular complexity index is 2060. The van der Waals surface area contributed by atoms with Crippen molar-refractivity contribution in [3.63, 3.8) is 0 Å². The SMILES string of the molecule is CC(C)(C)c1ccc(C=Cc2ccc(N(c3ccccc3)c3ccc4c(c3)c3ccccc3n4-c3ccccc3)cc2)cc1. The second-order valence-corrected chi connectivity index (χ2v) is 12.4. The summed E-state index contributed by atoms with van der Waals surface area (Å²) in [5.74, 6) is 0. The quantitative estimate of drug-likeness (QED) is 0.181. The Hall–Kier alpha value is -5.34. The number of rotatable bonds is 6. The van der Waals surface area contributed by atoms with Crippen molar-refractivity contribution in [3.8, 4) is 5.69 Å². The third-order valence-corrected chi connectivity index (χ3v) is 8.34. The van der Waals surface area contributed by atoms with Crippen molar-refractivity contribution in [1.82, 2.24) is 4.57 Å². The van der Waals surface area contributed by atoms with Gasteiger partial charge in [-0.15, -0.1) is 0 Å². The predicted octanol–water partition coefficient (Wildman–Crippen LogP) is 11.7. The van der Waals surface area contributed by atoms with Gasteiger partial charge in [0.2, 0.25) is 0 Å². The van der Waals surface area contributed by atoms with E-state index in [1.807, 2.05) is 0 Å². The molecule has 0 N–H and O–H groups in total. The fraction of sp³-hybridized carbons (Fsp3) is 0.0952. The highest BCUT2D eigenvalue weighted by Gasteiger charge is 2.17. The molecule has 44 heavy (non-hydrogen) atoms. The molecule has 214 valence electrons. The summed E-state index contributed by atoms with van der Waals surface area (Å²) in [6, 6.07) is 54.4. The van der Waals surface area contributed by atoms with E-state index in [0.29, 0.717) is 0 Å². The summed E-state index contributed by atoms with van der Waals surface area (Å²) in [6.07, 6.45) is 4.38. The lowest BCUT2D eigenvalue weighted by atomic mass is 9.87. The summed E-state index contributed by atoms with van der Waals surface area (Å²) in [7, 11) is 0. The molecule has 1 aromatic heterocycles. The van der Waals surface area contributed by atoms with Crippen LogP contribution in [0.3, 0.4) is 0 Å². The van der Waals surface area contributed by atoms with E-state index in [9.17, 15) is 0 Å². The van der Waals surface area contributed by atoms with Crippen molar-refractivity contribution >= 4 is 51.0 Å². The van der Waals surface area contributed by atoms with E-state index in [0.717, 1.165) is 17.1 Å². The Kier molecular flexibility index (Phi) is 7.12. The number of aromatic nitrogens is 1. The molecule has 2 nitrogen and oxygen atoms in total. The summed E-state index contributed by atoms with van der Waals surface area (Å²) in [5.41, 5.74) is 10.8. The molecule has 0 amide bonds. The van der Waals surface area contributed by atoms with Crippen LogP contribution in [0.4, 0.5) is 17.1 Å². The number of fused-ring (bicyclic) bond motifs is 3. The third kappa shape index (κ3) is 5.31. The molecular formula is C42H36N2. The van der Waals surface area contributed by atoms with Gasteiger partial charge in [-0.3, -0.25) is 0 Å². The number of nitrogens with zero attached hydrogens (tertiary/aromatic N) is 2. The Morgan fingerprint density at radius 3 is 1.66 bits per heavy atom. The molecule has 7 rings (SSSR count). The number of anilines is 3. The summed E-state index contributed by atoms with van der Waals surface area (Å²) in [5, 5.41) is 2.48. The molecule has 0 bridgehead atoms. The standard InChI is InChI=1S/C42H36N2/c1-42(2,3)33-24-20-31(21-25-33)18-19-32-22-26-36(27-23-32)43(34-12-6-4-7-13-34)37-28-29-41-39(30-37)38-16-10-11-17-40(38)44(41)35-14-8-5-9-15-35/h4-30H,1-3H3. The third-order valence-electron chi connectivity index (χ3n) is 8.34. The molecular weight excluding hydrogens is 532 g/mol. The topological polar surface area (TPSA) is 8.17 Å². The van der Waals surface area contributed by atoms with Crippen molar-refractivity contribution < 1.29 is 0 Å². The van der Waals surface area contributed by atoms with Crippen LogP contribution in [-0.4, -0.2) is 4.57 Å². The fourth-order valence-corrected chi connectivity index (χ4v) is 6.00. The van der Waals surface area contributed by atoms with Gasteiger partial charge in [-0.25, -0.2) is 0 Å². The highest BCUT2D eigenvalue weighted by molar-refractivity contribution is 6.10. The van der Waals surface area contributed by atoms with Crippen molar-refractivity contribution in [2.24, 2.45) is 0 Å². The van der Waals surface area contributed by atoms with Crippen LogP contribution in [0.5, 0.6) is 0 Å². The van der Waals surface area contributed by atoms with Crippen molar-refractivity contribution in [3.05, 3.63) is 168 Å². The van der Waals surface area contributed by atoms with Gasteiger partial charge in [-0.1, -0.05) is 124 Å². The van der Waals surface area contributed by atoms with Crippen LogP contribution in [0.15, 0.2) is 152 Å². The van der Waals surface area contributed by atoms with E-state index in [1.165, 1.54) is 44.2 Å². The van der Waals surface area contributed by atoms with E-state index >= 15 is 0 Å². The van der Waals surface area contributed by atoms with Crippen LogP contribution in [-0.2, 0) is 5.41 Å². The highest BCUT2D eigenvalue weighted by atomic mass is 15.1. The molecule has 0 spiro atoms. The van der Waals surface area contributed by atoms with Crippen LogP contribution < -0.4 is 4.90 Å². The Morgan fingerprint density at radius 2 is 1.00 bits per heavy atom. The van der Waals surface area contributed by atoms with Crippen molar-refractivity contribution in [2.45, 2.75) is 26.2 Å². The molecule has 7 aromatic rings. The molecule has 0 fully saturated rings. The molecule has 6 aromatic carbocycles. The van der Waals surface area contributed by atoms with Crippen LogP contribution in [0.25, 0.3) is 39.6 Å². The average Bonchev–Trinajstić information content (AvgIpc) is 3.39. The van der Waals surface area contributed by atoms with Gasteiger partial charge in [-0.05, 0) is 82.8 Å². The monoisotopic (exact) mass is 568 g/mol. The van der Waals surface area contributed by atoms with Crippen LogP contribution in [0.1, 0.15) is 37.5 Å². The molecule has 0 aliphatic heterocycles. The van der Waals surface area contributed by atoms with Gasteiger partial charge in [-0.2, -0.15) is 0 Å². The van der Waals surface area contributed by atoms with Crippen molar-refractivity contribution in [2.75, 3.05) is 4.90 Å². The second-order valence-electron chi connectivity index (χ2n) is 12.4. The molecule has 0 aliphatic rings. The highest BCUT2D eigenvalue weighted by Crippen LogP contribution is 2.39. The smallest absolute Gasteiger partial charge is 0.0542 e. The Labute approximate surface area is 260 Å². The summed E-state index contributed by atoms with van der Waals surface area (Å²) in [6.45, 7) is 6.75. The van der Waals surface area contributed by atoms with Crippen LogP contribution in [0.2, 0.25) is 0 Å². The van der Waals surface area contributed by atoms with Gasteiger partial charge >= 0.3 is 0 Å². The molecule has 0 aliphatic carbocycles. The lowest BCUT2D eigenvalue weighted by Gasteiger charge is -2.25. The lowest BCUT2D eigenvalue weighted by molar-refractivity contribution is 0.590. The first-order chi connectivity index (χ1) is 21.5. The number of benzene rings is 6. The Morgan fingerprint density at radius 1 is 0.477 bits per heavy atom. The summed E-state index contributed by atoms with van der Waals surface area (Å²) in [4.78, 5) is 2.34. The van der Waals surface area contributed by atoms with E-state index in [2.05, 4.69) is 194 Å². The molecule has 0 unspecified atom stereocenters. The number of para-hydroxylation sites is 3. The zero-order valence-corrected chi connectivity index (χ0v) is 25.5. The zero-order chi connectivity index (χ0) is 30.1. The van der Waals surface area contributed by atoms with E-state index < -0.39 is 0 Å². The van der Waals surface area contributed by atoms with Gasteiger partial charge in [0.25, 0.3) is 0 Å². The predicted molar refractivity (Wildman–Crippen MR) is 190 cm³/mol. The van der Waals surface area contributed by atoms with E-state index in [4.69, 9.17) is 0 Å². The summed E-state index contributed by atoms with van der Waals surface area (Å²) < 4.78 is 2.36. The van der Waals surface area contributed by atoms with Gasteiger partial charge in [0.05, 0.1) is 11.0 Å². The number of hydrogen-bond acceptors (Lipinski definition) is 1. The maximum absolute atomic E-state index is 2.36. The molecule has 1 heterocycles. The fourth-order valence-electron chi connectivity index (χ4n) is 6.00. The Balaban J connectivity index is 1.27. The minimum absolute atomic E-state index is 0.159. The molecule has 0 radical (unpaired) electrons. The van der Waals surface area contributed by atoms with Gasteiger partial charge in [0.1, 0.15) is 0 Å². The van der Waals surface area contributed by atoms with Gasteiger partial charge in [0.15, 0.2) is 0 Å². The minimum Gasteiger partial charge on any atom is -0.310 e. The average molecular weight is 569 g/mol. The van der Waals surface area contributed by atoms with Crippen molar-refractivity contribution in [1.29, 1.82) is 0 Å². The minimum atomic E-state index is 0.159. The van der Waals surface area contributed by atoms with Crippen LogP contribution in [0, 0.1) is 0 Å². The largest absolute Gasteiger partial charge is 0.310 e. The first-order valence-electron chi connectivity index (χ1n) is 15.3. The number of hydrogen-bond donors (Lipinski definition) is 0. The van der Waals surface area contributed by atoms with E-state index in [1.54, 1.807) is 0 Å². The van der Waals surface area contributed by atoms with Gasteiger partial charge in [0, 0.05) is 33.5 Å². The molecule has 2 heteroatoms. The second kappa shape index (κ2) is 11.4. The van der Waals surface area contributed by atoms with E-state index in [-0.39, 0.29) is 5.41 Å². The first-order valence-corrected chi connectivity index (χ1v) is 15.3. The maximum Gasteiger partial charge on any atom is 0.0542 e. The van der Waals surface area contributed by atoms with Crippen LogP contribution >= 0.6 is 0 Å². The zero-order valence-electron chi connectivity index (χ0n) is 25.5. The lowest BCUT2D eigenvalue weighted by Crippen LogP contribution is -2.10. The summed E-state index contributed by atoms with van der Waals surface area (Å²) >= 11 is 0. The first kappa shape index (κ1) is 27.5.